The Bertz CT molecular complexity index is 336. The Morgan fingerprint density at radius 1 is 1.11 bits per heavy atom. The lowest BCUT2D eigenvalue weighted by molar-refractivity contribution is 0.0317. The molecule has 1 N–H and O–H groups in total. The summed E-state index contributed by atoms with van der Waals surface area (Å²) in [5, 5.41) is 9.91. The molecule has 0 aliphatic carbocycles. The minimum absolute atomic E-state index is 0.0203. The Hall–Kier alpha value is -0.210. The number of rotatable bonds is 9. The summed E-state index contributed by atoms with van der Waals surface area (Å²) in [7, 11) is -3.12. The lowest BCUT2D eigenvalue weighted by atomic mass is 10.2. The summed E-state index contributed by atoms with van der Waals surface area (Å²) in [6.45, 7) is 7.38. The van der Waals surface area contributed by atoms with Crippen molar-refractivity contribution in [3.8, 4) is 0 Å². The van der Waals surface area contributed by atoms with Gasteiger partial charge in [0.1, 0.15) is 0 Å². The van der Waals surface area contributed by atoms with E-state index in [1.807, 2.05) is 18.7 Å². The third-order valence-electron chi connectivity index (χ3n) is 3.22. The molecule has 1 saturated heterocycles. The molecular formula is C12H25NO5S. The van der Waals surface area contributed by atoms with Gasteiger partial charge in [-0.2, -0.15) is 0 Å². The molecule has 1 aliphatic rings. The van der Waals surface area contributed by atoms with Crippen LogP contribution in [0.15, 0.2) is 0 Å². The minimum Gasteiger partial charge on any atom is -0.390 e. The van der Waals surface area contributed by atoms with Gasteiger partial charge in [-0.05, 0) is 13.8 Å². The molecule has 1 fully saturated rings. The smallest absolute Gasteiger partial charge is 0.154 e. The molecule has 0 bridgehead atoms. The number of aliphatic hydroxyl groups excluding tert-OH is 1. The predicted octanol–water partition coefficient (Wildman–Crippen LogP) is -0.481. The molecule has 114 valence electrons. The van der Waals surface area contributed by atoms with E-state index in [0.29, 0.717) is 39.5 Å². The molecule has 0 saturated carbocycles. The lowest BCUT2D eigenvalue weighted by Crippen LogP contribution is -2.46. The summed E-state index contributed by atoms with van der Waals surface area (Å²) in [5.41, 5.74) is 0. The number of aliphatic hydroxyl groups is 1. The number of ether oxygens (including phenoxy) is 2. The van der Waals surface area contributed by atoms with Crippen molar-refractivity contribution >= 4 is 9.84 Å². The molecule has 0 aromatic rings. The van der Waals surface area contributed by atoms with E-state index in [2.05, 4.69) is 0 Å². The second-order valence-electron chi connectivity index (χ2n) is 4.64. The van der Waals surface area contributed by atoms with Crippen LogP contribution in [0.2, 0.25) is 0 Å². The van der Waals surface area contributed by atoms with Crippen LogP contribution in [-0.4, -0.2) is 81.6 Å². The van der Waals surface area contributed by atoms with Crippen molar-refractivity contribution in [1.29, 1.82) is 0 Å². The maximum Gasteiger partial charge on any atom is 0.154 e. The van der Waals surface area contributed by atoms with Gasteiger partial charge in [0.25, 0.3) is 0 Å². The van der Waals surface area contributed by atoms with E-state index in [4.69, 9.17) is 9.47 Å². The maximum atomic E-state index is 11.6. The van der Waals surface area contributed by atoms with Crippen LogP contribution in [0.3, 0.4) is 0 Å². The molecule has 0 aromatic carbocycles. The first-order chi connectivity index (χ1) is 9.00. The fourth-order valence-electron chi connectivity index (χ4n) is 2.26. The van der Waals surface area contributed by atoms with Gasteiger partial charge in [0.2, 0.25) is 0 Å². The average molecular weight is 295 g/mol. The molecule has 0 aromatic heterocycles. The molecule has 2 unspecified atom stereocenters. The van der Waals surface area contributed by atoms with Crippen molar-refractivity contribution in [3.05, 3.63) is 0 Å². The summed E-state index contributed by atoms with van der Waals surface area (Å²) in [5.74, 6) is -0.121. The standard InChI is InChI=1S/C12H25NO5S/c1-3-17-7-5-13(6-8-18-4-2)11-9-19(15,16)10-12(11)14/h11-12,14H,3-10H2,1-2H3. The maximum absolute atomic E-state index is 11.6. The molecule has 1 heterocycles. The third kappa shape index (κ3) is 5.74. The minimum atomic E-state index is -3.12. The molecule has 0 spiro atoms. The van der Waals surface area contributed by atoms with E-state index < -0.39 is 15.9 Å². The Labute approximate surface area is 115 Å². The number of hydrogen-bond donors (Lipinski definition) is 1. The van der Waals surface area contributed by atoms with E-state index >= 15 is 0 Å². The summed E-state index contributed by atoms with van der Waals surface area (Å²) < 4.78 is 33.7. The van der Waals surface area contributed by atoms with E-state index in [1.54, 1.807) is 0 Å². The SMILES string of the molecule is CCOCCN(CCOCC)C1CS(=O)(=O)CC1O. The van der Waals surface area contributed by atoms with Crippen molar-refractivity contribution in [2.75, 3.05) is 51.0 Å². The Morgan fingerprint density at radius 2 is 1.63 bits per heavy atom. The topological polar surface area (TPSA) is 76.1 Å². The van der Waals surface area contributed by atoms with E-state index in [-0.39, 0.29) is 17.5 Å². The van der Waals surface area contributed by atoms with Gasteiger partial charge >= 0.3 is 0 Å². The van der Waals surface area contributed by atoms with Gasteiger partial charge in [-0.25, -0.2) is 8.42 Å². The largest absolute Gasteiger partial charge is 0.390 e. The lowest BCUT2D eigenvalue weighted by Gasteiger charge is -2.29. The van der Waals surface area contributed by atoms with Gasteiger partial charge in [-0.1, -0.05) is 0 Å². The molecule has 7 heteroatoms. The Balaban J connectivity index is 2.56. The molecule has 0 amide bonds. The Morgan fingerprint density at radius 3 is 2.00 bits per heavy atom. The third-order valence-corrected chi connectivity index (χ3v) is 4.92. The van der Waals surface area contributed by atoms with Gasteiger partial charge in [-0.3, -0.25) is 4.90 Å². The first-order valence-electron chi connectivity index (χ1n) is 6.78. The van der Waals surface area contributed by atoms with Gasteiger partial charge in [0.05, 0.1) is 36.9 Å². The van der Waals surface area contributed by atoms with Crippen LogP contribution in [0, 0.1) is 0 Å². The average Bonchev–Trinajstić information content (AvgIpc) is 2.61. The van der Waals surface area contributed by atoms with Crippen LogP contribution >= 0.6 is 0 Å². The van der Waals surface area contributed by atoms with Gasteiger partial charge in [0, 0.05) is 26.3 Å². The first kappa shape index (κ1) is 16.8. The zero-order chi connectivity index (χ0) is 14.3. The summed E-state index contributed by atoms with van der Waals surface area (Å²) in [6.07, 6.45) is -0.812. The molecular weight excluding hydrogens is 270 g/mol. The van der Waals surface area contributed by atoms with Crippen LogP contribution in [0.25, 0.3) is 0 Å². The van der Waals surface area contributed by atoms with Crippen LogP contribution < -0.4 is 0 Å². The van der Waals surface area contributed by atoms with E-state index in [1.165, 1.54) is 0 Å². The second-order valence-corrected chi connectivity index (χ2v) is 6.80. The van der Waals surface area contributed by atoms with Gasteiger partial charge in [-0.15, -0.1) is 0 Å². The van der Waals surface area contributed by atoms with Crippen LogP contribution in [0.1, 0.15) is 13.8 Å². The molecule has 6 nitrogen and oxygen atoms in total. The second kappa shape index (κ2) is 8.16. The van der Waals surface area contributed by atoms with Crippen LogP contribution in [0.5, 0.6) is 0 Å². The number of nitrogens with zero attached hydrogens (tertiary/aromatic N) is 1. The van der Waals surface area contributed by atoms with Crippen molar-refractivity contribution < 1.29 is 23.0 Å². The first-order valence-corrected chi connectivity index (χ1v) is 8.60. The zero-order valence-corrected chi connectivity index (χ0v) is 12.6. The monoisotopic (exact) mass is 295 g/mol. The molecule has 1 rings (SSSR count). The highest BCUT2D eigenvalue weighted by Gasteiger charge is 2.39. The van der Waals surface area contributed by atoms with E-state index in [0.717, 1.165) is 0 Å². The highest BCUT2D eigenvalue weighted by molar-refractivity contribution is 7.91. The highest BCUT2D eigenvalue weighted by Crippen LogP contribution is 2.18. The normalized spacial score (nSPS) is 26.1. The fraction of sp³-hybridized carbons (Fsp3) is 1.00. The number of hydrogen-bond acceptors (Lipinski definition) is 6. The van der Waals surface area contributed by atoms with Crippen molar-refractivity contribution in [2.45, 2.75) is 26.0 Å². The van der Waals surface area contributed by atoms with Crippen LogP contribution in [0.4, 0.5) is 0 Å². The van der Waals surface area contributed by atoms with E-state index in [9.17, 15) is 13.5 Å². The zero-order valence-electron chi connectivity index (χ0n) is 11.7. The quantitative estimate of drug-likeness (QED) is 0.579. The molecule has 1 aliphatic heterocycles. The molecule has 0 radical (unpaired) electrons. The van der Waals surface area contributed by atoms with Crippen LogP contribution in [-0.2, 0) is 19.3 Å². The summed E-state index contributed by atoms with van der Waals surface area (Å²) in [6, 6.07) is -0.342. The summed E-state index contributed by atoms with van der Waals surface area (Å²) in [4.78, 5) is 1.96. The van der Waals surface area contributed by atoms with Gasteiger partial charge in [0.15, 0.2) is 9.84 Å². The number of sulfone groups is 1. The molecule has 19 heavy (non-hydrogen) atoms. The van der Waals surface area contributed by atoms with Crippen molar-refractivity contribution in [2.24, 2.45) is 0 Å². The van der Waals surface area contributed by atoms with Gasteiger partial charge < -0.3 is 14.6 Å². The molecule has 2 atom stereocenters. The van der Waals surface area contributed by atoms with Crippen molar-refractivity contribution in [1.82, 2.24) is 4.90 Å². The fourth-order valence-corrected chi connectivity index (χ4v) is 4.09. The predicted molar refractivity (Wildman–Crippen MR) is 73.0 cm³/mol. The highest BCUT2D eigenvalue weighted by atomic mass is 32.2. The van der Waals surface area contributed by atoms with Crippen molar-refractivity contribution in [3.63, 3.8) is 0 Å². The Kier molecular flexibility index (Phi) is 7.23. The summed E-state index contributed by atoms with van der Waals surface area (Å²) >= 11 is 0.